The van der Waals surface area contributed by atoms with E-state index in [4.69, 9.17) is 0 Å². The van der Waals surface area contributed by atoms with Crippen molar-refractivity contribution < 1.29 is 9.59 Å². The smallest absolute Gasteiger partial charge is 0.273 e. The highest BCUT2D eigenvalue weighted by Crippen LogP contribution is 2.26. The number of hydrogen-bond acceptors (Lipinski definition) is 6. The third-order valence-corrected chi connectivity index (χ3v) is 5.63. The molecule has 0 aliphatic carbocycles. The second-order valence-corrected chi connectivity index (χ2v) is 8.05. The normalized spacial score (nSPS) is 10.7. The summed E-state index contributed by atoms with van der Waals surface area (Å²) in [7, 11) is 0. The Morgan fingerprint density at radius 1 is 1.07 bits per heavy atom. The lowest BCUT2D eigenvalue weighted by atomic mass is 10.1. The number of amides is 2. The van der Waals surface area contributed by atoms with Crippen LogP contribution >= 0.6 is 27.3 Å². The van der Waals surface area contributed by atoms with Crippen LogP contribution in [0.15, 0.2) is 63.2 Å². The van der Waals surface area contributed by atoms with Gasteiger partial charge in [0.2, 0.25) is 5.91 Å². The first-order chi connectivity index (χ1) is 14.5. The molecular weight excluding hydrogens is 470 g/mol. The maximum atomic E-state index is 12.4. The predicted molar refractivity (Wildman–Crippen MR) is 117 cm³/mol. The summed E-state index contributed by atoms with van der Waals surface area (Å²) in [6.07, 6.45) is 0.00455. The average molecular weight is 484 g/mol. The second-order valence-electron chi connectivity index (χ2n) is 6.28. The Kier molecular flexibility index (Phi) is 5.68. The minimum Gasteiger partial charge on any atom is -0.273 e. The van der Waals surface area contributed by atoms with E-state index >= 15 is 0 Å². The summed E-state index contributed by atoms with van der Waals surface area (Å²) in [5.74, 6) is -1.06. The van der Waals surface area contributed by atoms with Gasteiger partial charge in [-0.05, 0) is 18.2 Å². The molecule has 0 radical (unpaired) electrons. The first-order valence-electron chi connectivity index (χ1n) is 8.78. The number of thiazole rings is 1. The van der Waals surface area contributed by atoms with Gasteiger partial charge in [-0.15, -0.1) is 11.3 Å². The number of nitrogens with one attached hydrogen (secondary N) is 3. The summed E-state index contributed by atoms with van der Waals surface area (Å²) in [5, 5.41) is 9.41. The van der Waals surface area contributed by atoms with Gasteiger partial charge in [0.25, 0.3) is 11.5 Å². The zero-order valence-electron chi connectivity index (χ0n) is 15.3. The summed E-state index contributed by atoms with van der Waals surface area (Å²) in [6.45, 7) is 0. The number of benzene rings is 2. The monoisotopic (exact) mass is 483 g/mol. The molecule has 0 atom stereocenters. The highest BCUT2D eigenvalue weighted by Gasteiger charge is 2.15. The number of aromatic nitrogens is 3. The number of nitrogens with zero attached hydrogens (tertiary/aromatic N) is 2. The van der Waals surface area contributed by atoms with Gasteiger partial charge in [0, 0.05) is 20.8 Å². The summed E-state index contributed by atoms with van der Waals surface area (Å²) in [5.41, 5.74) is 5.84. The van der Waals surface area contributed by atoms with E-state index in [-0.39, 0.29) is 12.1 Å². The van der Waals surface area contributed by atoms with Crippen molar-refractivity contribution in [2.45, 2.75) is 6.42 Å². The van der Waals surface area contributed by atoms with E-state index in [1.165, 1.54) is 11.3 Å². The number of carbonyl (C=O) groups excluding carboxylic acids is 2. The van der Waals surface area contributed by atoms with E-state index < -0.39 is 17.4 Å². The Hall–Kier alpha value is -3.37. The Labute approximate surface area is 182 Å². The van der Waals surface area contributed by atoms with Gasteiger partial charge >= 0.3 is 0 Å². The Bertz CT molecular complexity index is 1320. The van der Waals surface area contributed by atoms with Crippen LogP contribution in [0.25, 0.3) is 21.3 Å². The second kappa shape index (κ2) is 8.56. The Morgan fingerprint density at radius 3 is 2.67 bits per heavy atom. The number of fused-ring (bicyclic) bond motifs is 1. The van der Waals surface area contributed by atoms with Crippen molar-refractivity contribution in [1.82, 2.24) is 26.0 Å². The van der Waals surface area contributed by atoms with Crippen molar-refractivity contribution >= 4 is 49.9 Å². The zero-order chi connectivity index (χ0) is 21.1. The number of halogens is 1. The number of rotatable bonds is 4. The van der Waals surface area contributed by atoms with E-state index in [0.717, 1.165) is 15.0 Å². The average Bonchev–Trinajstić information content (AvgIpc) is 3.21. The molecule has 2 amide bonds. The van der Waals surface area contributed by atoms with Crippen LogP contribution in [-0.4, -0.2) is 27.0 Å². The Morgan fingerprint density at radius 2 is 1.87 bits per heavy atom. The number of H-pyrrole nitrogens is 1. The van der Waals surface area contributed by atoms with Crippen LogP contribution in [-0.2, 0) is 11.2 Å². The van der Waals surface area contributed by atoms with Crippen molar-refractivity contribution in [3.8, 4) is 10.6 Å². The van der Waals surface area contributed by atoms with Gasteiger partial charge in [-0.25, -0.2) is 10.1 Å². The molecule has 3 N–H and O–H groups in total. The predicted octanol–water partition coefficient (Wildman–Crippen LogP) is 2.81. The fraction of sp³-hybridized carbons (Fsp3) is 0.0500. The highest BCUT2D eigenvalue weighted by atomic mass is 79.9. The van der Waals surface area contributed by atoms with Gasteiger partial charge in [0.05, 0.1) is 17.5 Å². The van der Waals surface area contributed by atoms with Gasteiger partial charge in [-0.3, -0.25) is 25.2 Å². The van der Waals surface area contributed by atoms with E-state index in [1.54, 1.807) is 29.6 Å². The summed E-state index contributed by atoms with van der Waals surface area (Å²) < 4.78 is 0.945. The molecule has 2 aromatic heterocycles. The lowest BCUT2D eigenvalue weighted by molar-refractivity contribution is -0.121. The van der Waals surface area contributed by atoms with Crippen LogP contribution in [0.5, 0.6) is 0 Å². The first-order valence-corrected chi connectivity index (χ1v) is 10.5. The van der Waals surface area contributed by atoms with Crippen molar-refractivity contribution in [3.63, 3.8) is 0 Å². The molecule has 0 fully saturated rings. The molecule has 10 heteroatoms. The van der Waals surface area contributed by atoms with Crippen LogP contribution in [0.4, 0.5) is 0 Å². The summed E-state index contributed by atoms with van der Waals surface area (Å²) in [4.78, 5) is 40.9. The molecule has 30 heavy (non-hydrogen) atoms. The molecular formula is C20H14BrN5O3S. The van der Waals surface area contributed by atoms with Crippen molar-refractivity contribution in [3.05, 3.63) is 80.1 Å². The standard InChI is InChI=1S/C20H14BrN5O3S/c21-12-5-3-4-11(8-12)20-22-13(10-30-20)9-16(27)23-26-19(29)17-14-6-1-2-7-15(14)18(28)25-24-17/h1-8,10H,9H2,(H,23,27)(H,25,28)(H,26,29). The van der Waals surface area contributed by atoms with Crippen molar-refractivity contribution in [1.29, 1.82) is 0 Å². The van der Waals surface area contributed by atoms with Gasteiger partial charge in [0.1, 0.15) is 5.01 Å². The number of hydrazine groups is 1. The fourth-order valence-corrected chi connectivity index (χ4v) is 4.04. The molecule has 0 saturated carbocycles. The van der Waals surface area contributed by atoms with Gasteiger partial charge in [-0.2, -0.15) is 5.10 Å². The maximum Gasteiger partial charge on any atom is 0.290 e. The topological polar surface area (TPSA) is 117 Å². The molecule has 4 rings (SSSR count). The van der Waals surface area contributed by atoms with E-state index in [9.17, 15) is 14.4 Å². The van der Waals surface area contributed by atoms with Crippen LogP contribution in [0, 0.1) is 0 Å². The van der Waals surface area contributed by atoms with Gasteiger partial charge in [0.15, 0.2) is 5.69 Å². The molecule has 0 aliphatic rings. The molecule has 0 bridgehead atoms. The highest BCUT2D eigenvalue weighted by molar-refractivity contribution is 9.10. The lowest BCUT2D eigenvalue weighted by Crippen LogP contribution is -2.43. The third kappa shape index (κ3) is 4.29. The van der Waals surface area contributed by atoms with Crippen LogP contribution in [0.3, 0.4) is 0 Å². The van der Waals surface area contributed by atoms with Gasteiger partial charge < -0.3 is 0 Å². The largest absolute Gasteiger partial charge is 0.290 e. The van der Waals surface area contributed by atoms with Crippen LogP contribution in [0.1, 0.15) is 16.2 Å². The van der Waals surface area contributed by atoms with E-state index in [1.807, 2.05) is 24.3 Å². The Balaban J connectivity index is 1.41. The molecule has 150 valence electrons. The molecule has 2 heterocycles. The molecule has 2 aromatic carbocycles. The minimum atomic E-state index is -0.635. The fourth-order valence-electron chi connectivity index (χ4n) is 2.82. The SMILES string of the molecule is O=C(Cc1csc(-c2cccc(Br)c2)n1)NNC(=O)c1n[nH]c(=O)c2ccccc12. The van der Waals surface area contributed by atoms with Crippen molar-refractivity contribution in [2.75, 3.05) is 0 Å². The molecule has 4 aromatic rings. The molecule has 0 aliphatic heterocycles. The first kappa shape index (κ1) is 19.9. The summed E-state index contributed by atoms with van der Waals surface area (Å²) >= 11 is 4.86. The van der Waals surface area contributed by atoms with Crippen LogP contribution in [0.2, 0.25) is 0 Å². The quantitative estimate of drug-likeness (QED) is 0.385. The van der Waals surface area contributed by atoms with E-state index in [0.29, 0.717) is 16.5 Å². The third-order valence-electron chi connectivity index (χ3n) is 4.19. The summed E-state index contributed by atoms with van der Waals surface area (Å²) in [6, 6.07) is 14.3. The lowest BCUT2D eigenvalue weighted by Gasteiger charge is -2.07. The number of hydrogen-bond donors (Lipinski definition) is 3. The number of carbonyl (C=O) groups is 2. The zero-order valence-corrected chi connectivity index (χ0v) is 17.7. The van der Waals surface area contributed by atoms with Crippen LogP contribution < -0.4 is 16.4 Å². The number of aromatic amines is 1. The molecule has 8 nitrogen and oxygen atoms in total. The van der Waals surface area contributed by atoms with Crippen molar-refractivity contribution in [2.24, 2.45) is 0 Å². The van der Waals surface area contributed by atoms with Gasteiger partial charge in [-0.1, -0.05) is 46.3 Å². The maximum absolute atomic E-state index is 12.4. The molecule has 0 unspecified atom stereocenters. The molecule has 0 saturated heterocycles. The van der Waals surface area contributed by atoms with E-state index in [2.05, 4.69) is 42.0 Å². The molecule has 0 spiro atoms. The minimum absolute atomic E-state index is 0.00455.